The van der Waals surface area contributed by atoms with E-state index in [0.29, 0.717) is 23.4 Å². The first-order chi connectivity index (χ1) is 13.2. The van der Waals surface area contributed by atoms with E-state index in [0.717, 1.165) is 30.1 Å². The number of ether oxygens (including phenoxy) is 1. The molecule has 6 heteroatoms. The fraction of sp³-hybridized carbons (Fsp3) is 0.333. The third-order valence-electron chi connectivity index (χ3n) is 4.30. The van der Waals surface area contributed by atoms with Gasteiger partial charge in [-0.05, 0) is 50.1 Å². The molecule has 1 heterocycles. The van der Waals surface area contributed by atoms with E-state index in [1.54, 1.807) is 36.0 Å². The maximum absolute atomic E-state index is 12.8. The average Bonchev–Trinajstić information content (AvgIpc) is 3.20. The van der Waals surface area contributed by atoms with Gasteiger partial charge in [0.1, 0.15) is 0 Å². The van der Waals surface area contributed by atoms with Crippen LogP contribution in [0.15, 0.2) is 53.4 Å². The minimum atomic E-state index is -0.182. The number of nitrogens with one attached hydrogen (secondary N) is 2. The molecule has 1 fully saturated rings. The van der Waals surface area contributed by atoms with Gasteiger partial charge in [-0.3, -0.25) is 9.59 Å². The molecule has 2 N–H and O–H groups in total. The van der Waals surface area contributed by atoms with Gasteiger partial charge in [-0.15, -0.1) is 11.8 Å². The lowest BCUT2D eigenvalue weighted by molar-refractivity contribution is 0.0954. The van der Waals surface area contributed by atoms with E-state index in [2.05, 4.69) is 10.6 Å². The molecule has 0 bridgehead atoms. The summed E-state index contributed by atoms with van der Waals surface area (Å²) in [6.45, 7) is 3.26. The van der Waals surface area contributed by atoms with Gasteiger partial charge in [0.05, 0.1) is 11.7 Å². The Balaban J connectivity index is 1.69. The van der Waals surface area contributed by atoms with Crippen molar-refractivity contribution >= 4 is 29.3 Å². The van der Waals surface area contributed by atoms with E-state index >= 15 is 0 Å². The highest BCUT2D eigenvalue weighted by molar-refractivity contribution is 7.99. The van der Waals surface area contributed by atoms with Gasteiger partial charge in [0.15, 0.2) is 0 Å². The summed E-state index contributed by atoms with van der Waals surface area (Å²) in [4.78, 5) is 25.7. The highest BCUT2D eigenvalue weighted by Gasteiger charge is 2.18. The minimum absolute atomic E-state index is 0.152. The molecule has 0 aromatic heterocycles. The Kier molecular flexibility index (Phi) is 6.90. The predicted molar refractivity (Wildman–Crippen MR) is 109 cm³/mol. The number of benzene rings is 2. The quantitative estimate of drug-likeness (QED) is 0.709. The van der Waals surface area contributed by atoms with Crippen molar-refractivity contribution in [2.24, 2.45) is 0 Å². The van der Waals surface area contributed by atoms with E-state index in [4.69, 9.17) is 4.74 Å². The van der Waals surface area contributed by atoms with Gasteiger partial charge in [-0.2, -0.15) is 0 Å². The zero-order valence-corrected chi connectivity index (χ0v) is 16.2. The van der Waals surface area contributed by atoms with E-state index in [1.165, 1.54) is 0 Å². The molecule has 0 radical (unpaired) electrons. The standard InChI is InChI=1S/C21H24N2O3S/c1-2-22-20(24)15-7-5-8-16(13-15)23-21(25)18-10-3-4-11-19(18)27-14-17-9-6-12-26-17/h3-5,7-8,10-11,13,17H,2,6,9,12,14H2,1H3,(H,22,24)(H,23,25). The Morgan fingerprint density at radius 3 is 2.78 bits per heavy atom. The van der Waals surface area contributed by atoms with Crippen LogP contribution in [-0.2, 0) is 4.74 Å². The van der Waals surface area contributed by atoms with Gasteiger partial charge in [0, 0.05) is 35.1 Å². The van der Waals surface area contributed by atoms with Crippen LogP contribution in [0.3, 0.4) is 0 Å². The molecule has 2 amide bonds. The molecule has 0 aliphatic carbocycles. The zero-order valence-electron chi connectivity index (χ0n) is 15.4. The predicted octanol–water partition coefficient (Wildman–Crippen LogP) is 3.96. The lowest BCUT2D eigenvalue weighted by Crippen LogP contribution is -2.22. The van der Waals surface area contributed by atoms with Crippen molar-refractivity contribution in [2.75, 3.05) is 24.2 Å². The monoisotopic (exact) mass is 384 g/mol. The van der Waals surface area contributed by atoms with E-state index in [9.17, 15) is 9.59 Å². The summed E-state index contributed by atoms with van der Waals surface area (Å²) in [5, 5.41) is 5.66. The largest absolute Gasteiger partial charge is 0.377 e. The Hall–Kier alpha value is -2.31. The first-order valence-corrected chi connectivity index (χ1v) is 10.2. The van der Waals surface area contributed by atoms with Gasteiger partial charge in [-0.1, -0.05) is 18.2 Å². The number of hydrogen-bond acceptors (Lipinski definition) is 4. The van der Waals surface area contributed by atoms with Crippen LogP contribution in [0, 0.1) is 0 Å². The Morgan fingerprint density at radius 1 is 1.15 bits per heavy atom. The van der Waals surface area contributed by atoms with Crippen LogP contribution in [0.2, 0.25) is 0 Å². The third-order valence-corrected chi connectivity index (χ3v) is 5.51. The summed E-state index contributed by atoms with van der Waals surface area (Å²) in [6, 6.07) is 14.5. The molecule has 1 atom stereocenters. The first kappa shape index (κ1) is 19.5. The van der Waals surface area contributed by atoms with Crippen LogP contribution in [0.1, 0.15) is 40.5 Å². The molecule has 5 nitrogen and oxygen atoms in total. The number of rotatable bonds is 7. The molecule has 0 spiro atoms. The second-order valence-electron chi connectivity index (χ2n) is 6.34. The van der Waals surface area contributed by atoms with Gasteiger partial charge in [0.2, 0.25) is 0 Å². The summed E-state index contributed by atoms with van der Waals surface area (Å²) >= 11 is 1.65. The van der Waals surface area contributed by atoms with E-state index < -0.39 is 0 Å². The van der Waals surface area contributed by atoms with E-state index in [1.807, 2.05) is 31.2 Å². The molecule has 2 aromatic rings. The van der Waals surface area contributed by atoms with Gasteiger partial charge >= 0.3 is 0 Å². The Labute approximate surface area is 163 Å². The number of thioether (sulfide) groups is 1. The maximum Gasteiger partial charge on any atom is 0.256 e. The van der Waals surface area contributed by atoms with Gasteiger partial charge in [-0.25, -0.2) is 0 Å². The molecule has 3 rings (SSSR count). The number of anilines is 1. The maximum atomic E-state index is 12.8. The fourth-order valence-electron chi connectivity index (χ4n) is 2.94. The number of amides is 2. The molecule has 1 saturated heterocycles. The lowest BCUT2D eigenvalue weighted by Gasteiger charge is -2.13. The van der Waals surface area contributed by atoms with Crippen LogP contribution in [-0.4, -0.2) is 36.8 Å². The van der Waals surface area contributed by atoms with Crippen molar-refractivity contribution in [1.29, 1.82) is 0 Å². The normalized spacial score (nSPS) is 16.1. The molecule has 1 aliphatic heterocycles. The van der Waals surface area contributed by atoms with Crippen molar-refractivity contribution in [3.05, 3.63) is 59.7 Å². The van der Waals surface area contributed by atoms with Crippen LogP contribution in [0.5, 0.6) is 0 Å². The molecule has 2 aromatic carbocycles. The number of hydrogen-bond donors (Lipinski definition) is 2. The minimum Gasteiger partial charge on any atom is -0.377 e. The second kappa shape index (κ2) is 9.58. The van der Waals surface area contributed by atoms with E-state index in [-0.39, 0.29) is 17.9 Å². The molecule has 142 valence electrons. The highest BCUT2D eigenvalue weighted by atomic mass is 32.2. The second-order valence-corrected chi connectivity index (χ2v) is 7.40. The lowest BCUT2D eigenvalue weighted by atomic mass is 10.1. The van der Waals surface area contributed by atoms with Crippen LogP contribution >= 0.6 is 11.8 Å². The SMILES string of the molecule is CCNC(=O)c1cccc(NC(=O)c2ccccc2SCC2CCCO2)c1. The Morgan fingerprint density at radius 2 is 2.00 bits per heavy atom. The summed E-state index contributed by atoms with van der Waals surface area (Å²) in [6.07, 6.45) is 2.45. The molecular formula is C21H24N2O3S. The van der Waals surface area contributed by atoms with Crippen LogP contribution < -0.4 is 10.6 Å². The number of carbonyl (C=O) groups excluding carboxylic acids is 2. The molecule has 1 unspecified atom stereocenters. The number of carbonyl (C=O) groups is 2. The molecule has 0 saturated carbocycles. The van der Waals surface area contributed by atoms with Crippen molar-refractivity contribution in [2.45, 2.75) is 30.8 Å². The van der Waals surface area contributed by atoms with Crippen molar-refractivity contribution < 1.29 is 14.3 Å². The smallest absolute Gasteiger partial charge is 0.256 e. The van der Waals surface area contributed by atoms with Gasteiger partial charge < -0.3 is 15.4 Å². The highest BCUT2D eigenvalue weighted by Crippen LogP contribution is 2.27. The molecular weight excluding hydrogens is 360 g/mol. The summed E-state index contributed by atoms with van der Waals surface area (Å²) in [7, 11) is 0. The summed E-state index contributed by atoms with van der Waals surface area (Å²) in [5.41, 5.74) is 1.75. The third kappa shape index (κ3) is 5.34. The van der Waals surface area contributed by atoms with Crippen LogP contribution in [0.25, 0.3) is 0 Å². The van der Waals surface area contributed by atoms with Crippen molar-refractivity contribution in [3.63, 3.8) is 0 Å². The summed E-state index contributed by atoms with van der Waals surface area (Å²) < 4.78 is 5.67. The Bertz CT molecular complexity index is 804. The molecule has 27 heavy (non-hydrogen) atoms. The summed E-state index contributed by atoms with van der Waals surface area (Å²) in [5.74, 6) is 0.511. The average molecular weight is 385 g/mol. The van der Waals surface area contributed by atoms with Crippen LogP contribution in [0.4, 0.5) is 5.69 Å². The fourth-order valence-corrected chi connectivity index (χ4v) is 4.06. The molecule has 1 aliphatic rings. The first-order valence-electron chi connectivity index (χ1n) is 9.20. The van der Waals surface area contributed by atoms with Crippen molar-refractivity contribution in [1.82, 2.24) is 5.32 Å². The topological polar surface area (TPSA) is 67.4 Å². The van der Waals surface area contributed by atoms with Crippen molar-refractivity contribution in [3.8, 4) is 0 Å². The zero-order chi connectivity index (χ0) is 19.1. The van der Waals surface area contributed by atoms with Gasteiger partial charge in [0.25, 0.3) is 11.8 Å².